The van der Waals surface area contributed by atoms with E-state index in [9.17, 15) is 0 Å². The summed E-state index contributed by atoms with van der Waals surface area (Å²) in [6, 6.07) is 0. The predicted octanol–water partition coefficient (Wildman–Crippen LogP) is 2.39. The molecular weight excluding hydrogens is 224 g/mol. The molecule has 2 N–H and O–H groups in total. The predicted molar refractivity (Wildman–Crippen MR) is 75.6 cm³/mol. The van der Waals surface area contributed by atoms with Crippen LogP contribution in [0.2, 0.25) is 0 Å². The van der Waals surface area contributed by atoms with Gasteiger partial charge in [0.15, 0.2) is 0 Å². The summed E-state index contributed by atoms with van der Waals surface area (Å²) in [5.74, 6) is 0.784. The summed E-state index contributed by atoms with van der Waals surface area (Å²) in [4.78, 5) is 2.68. The third-order valence-electron chi connectivity index (χ3n) is 5.24. The highest BCUT2D eigenvalue weighted by molar-refractivity contribution is 5.00. The Kier molecular flexibility index (Phi) is 5.05. The molecule has 3 atom stereocenters. The topological polar surface area (TPSA) is 38.5 Å². The van der Waals surface area contributed by atoms with Crippen molar-refractivity contribution in [3.63, 3.8) is 0 Å². The average molecular weight is 254 g/mol. The van der Waals surface area contributed by atoms with Crippen molar-refractivity contribution in [1.82, 2.24) is 4.90 Å². The van der Waals surface area contributed by atoms with Crippen LogP contribution in [0.3, 0.4) is 0 Å². The van der Waals surface area contributed by atoms with Crippen molar-refractivity contribution in [2.75, 3.05) is 26.2 Å². The van der Waals surface area contributed by atoms with Crippen LogP contribution in [0.1, 0.15) is 52.4 Å². The second-order valence-corrected chi connectivity index (χ2v) is 6.01. The molecule has 18 heavy (non-hydrogen) atoms. The highest BCUT2D eigenvalue weighted by Crippen LogP contribution is 2.40. The number of hydrogen-bond donors (Lipinski definition) is 1. The first-order chi connectivity index (χ1) is 8.76. The molecule has 1 saturated carbocycles. The molecule has 0 amide bonds. The van der Waals surface area contributed by atoms with E-state index < -0.39 is 0 Å². The van der Waals surface area contributed by atoms with Crippen molar-refractivity contribution < 1.29 is 4.74 Å². The molecule has 106 valence electrons. The van der Waals surface area contributed by atoms with Crippen LogP contribution in [-0.2, 0) is 4.74 Å². The van der Waals surface area contributed by atoms with Crippen molar-refractivity contribution in [2.45, 2.75) is 64.0 Å². The van der Waals surface area contributed by atoms with E-state index in [1.54, 1.807) is 0 Å². The number of hydrogen-bond acceptors (Lipinski definition) is 3. The van der Waals surface area contributed by atoms with Crippen molar-refractivity contribution in [1.29, 1.82) is 0 Å². The number of nitrogens with zero attached hydrogens (tertiary/aromatic N) is 1. The van der Waals surface area contributed by atoms with Crippen LogP contribution >= 0.6 is 0 Å². The zero-order chi connectivity index (χ0) is 13.0. The minimum atomic E-state index is 0.268. The fourth-order valence-electron chi connectivity index (χ4n) is 4.06. The molecule has 3 unspecified atom stereocenters. The molecule has 1 aliphatic heterocycles. The van der Waals surface area contributed by atoms with Gasteiger partial charge in [-0.15, -0.1) is 0 Å². The van der Waals surface area contributed by atoms with Gasteiger partial charge >= 0.3 is 0 Å². The van der Waals surface area contributed by atoms with Crippen molar-refractivity contribution in [3.05, 3.63) is 0 Å². The zero-order valence-electron chi connectivity index (χ0n) is 12.2. The molecule has 0 aromatic heterocycles. The Bertz CT molecular complexity index is 259. The SMILES string of the molecule is CCC1CN(C2(CN)CCCCC2CC)CCO1. The summed E-state index contributed by atoms with van der Waals surface area (Å²) in [5, 5.41) is 0. The smallest absolute Gasteiger partial charge is 0.0700 e. The second kappa shape index (κ2) is 6.36. The molecule has 0 aromatic carbocycles. The van der Waals surface area contributed by atoms with Crippen molar-refractivity contribution in [2.24, 2.45) is 11.7 Å². The Morgan fingerprint density at radius 3 is 2.78 bits per heavy atom. The van der Waals surface area contributed by atoms with Gasteiger partial charge in [-0.3, -0.25) is 4.90 Å². The molecule has 2 aliphatic rings. The molecular formula is C15H30N2O. The van der Waals surface area contributed by atoms with Crippen molar-refractivity contribution >= 4 is 0 Å². The summed E-state index contributed by atoms with van der Waals surface area (Å²) in [5.41, 5.74) is 6.51. The van der Waals surface area contributed by atoms with Gasteiger partial charge in [-0.2, -0.15) is 0 Å². The largest absolute Gasteiger partial charge is 0.376 e. The highest BCUT2D eigenvalue weighted by Gasteiger charge is 2.44. The summed E-state index contributed by atoms with van der Waals surface area (Å²) in [7, 11) is 0. The first-order valence-electron chi connectivity index (χ1n) is 7.83. The van der Waals surface area contributed by atoms with Crippen molar-refractivity contribution in [3.8, 4) is 0 Å². The van der Waals surface area contributed by atoms with Gasteiger partial charge in [0.2, 0.25) is 0 Å². The number of rotatable bonds is 4. The summed E-state index contributed by atoms with van der Waals surface area (Å²) >= 11 is 0. The third-order valence-corrected chi connectivity index (χ3v) is 5.24. The summed E-state index contributed by atoms with van der Waals surface area (Å²) < 4.78 is 5.82. The van der Waals surface area contributed by atoms with Gasteiger partial charge in [-0.25, -0.2) is 0 Å². The normalized spacial score (nSPS) is 38.8. The standard InChI is InChI=1S/C15H30N2O/c1-3-13-7-5-6-8-15(13,12-16)17-9-10-18-14(4-2)11-17/h13-14H,3-12,16H2,1-2H3. The Balaban J connectivity index is 2.13. The number of nitrogens with two attached hydrogens (primary N) is 1. The Labute approximate surface area is 112 Å². The minimum absolute atomic E-state index is 0.268. The lowest BCUT2D eigenvalue weighted by atomic mass is 9.70. The van der Waals surface area contributed by atoms with E-state index in [1.165, 1.54) is 32.1 Å². The van der Waals surface area contributed by atoms with Gasteiger partial charge in [-0.05, 0) is 25.2 Å². The minimum Gasteiger partial charge on any atom is -0.376 e. The average Bonchev–Trinajstić information content (AvgIpc) is 2.47. The van der Waals surface area contributed by atoms with Crippen LogP contribution in [0.4, 0.5) is 0 Å². The first-order valence-corrected chi connectivity index (χ1v) is 7.83. The molecule has 1 saturated heterocycles. The van der Waals surface area contributed by atoms with E-state index in [-0.39, 0.29) is 5.54 Å². The number of ether oxygens (including phenoxy) is 1. The lowest BCUT2D eigenvalue weighted by Gasteiger charge is -2.53. The van der Waals surface area contributed by atoms with Gasteiger partial charge in [0.25, 0.3) is 0 Å². The maximum atomic E-state index is 6.24. The van der Waals surface area contributed by atoms with E-state index in [4.69, 9.17) is 10.5 Å². The lowest BCUT2D eigenvalue weighted by molar-refractivity contribution is -0.0956. The number of morpholine rings is 1. The third kappa shape index (κ3) is 2.59. The van der Waals surface area contributed by atoms with Crippen LogP contribution in [0, 0.1) is 5.92 Å². The van der Waals surface area contributed by atoms with Gasteiger partial charge < -0.3 is 10.5 Å². The zero-order valence-corrected chi connectivity index (χ0v) is 12.2. The molecule has 3 heteroatoms. The van der Waals surface area contributed by atoms with Gasteiger partial charge in [0.1, 0.15) is 0 Å². The molecule has 1 aliphatic carbocycles. The van der Waals surface area contributed by atoms with Crippen LogP contribution in [0.25, 0.3) is 0 Å². The monoisotopic (exact) mass is 254 g/mol. The lowest BCUT2D eigenvalue weighted by Crippen LogP contribution is -2.63. The van der Waals surface area contributed by atoms with Crippen LogP contribution < -0.4 is 5.73 Å². The molecule has 2 fully saturated rings. The fourth-order valence-corrected chi connectivity index (χ4v) is 4.06. The molecule has 2 rings (SSSR count). The molecule has 0 bridgehead atoms. The molecule has 1 heterocycles. The van der Waals surface area contributed by atoms with E-state index in [2.05, 4.69) is 18.7 Å². The Morgan fingerprint density at radius 1 is 1.28 bits per heavy atom. The highest BCUT2D eigenvalue weighted by atomic mass is 16.5. The fraction of sp³-hybridized carbons (Fsp3) is 1.00. The van der Waals surface area contributed by atoms with E-state index >= 15 is 0 Å². The molecule has 3 nitrogen and oxygen atoms in total. The van der Waals surface area contributed by atoms with E-state index in [1.807, 2.05) is 0 Å². The van der Waals surface area contributed by atoms with E-state index in [0.29, 0.717) is 6.10 Å². The maximum absolute atomic E-state index is 6.24. The van der Waals surface area contributed by atoms with Crippen LogP contribution in [-0.4, -0.2) is 42.8 Å². The first kappa shape index (κ1) is 14.3. The van der Waals surface area contributed by atoms with Gasteiger partial charge in [-0.1, -0.05) is 33.1 Å². The quantitative estimate of drug-likeness (QED) is 0.837. The molecule has 0 spiro atoms. The van der Waals surface area contributed by atoms with Gasteiger partial charge in [0.05, 0.1) is 12.7 Å². The van der Waals surface area contributed by atoms with E-state index in [0.717, 1.165) is 38.6 Å². The Morgan fingerprint density at radius 2 is 2.11 bits per heavy atom. The molecule has 0 aromatic rings. The van der Waals surface area contributed by atoms with Gasteiger partial charge in [0, 0.05) is 25.2 Å². The summed E-state index contributed by atoms with van der Waals surface area (Å²) in [6.07, 6.45) is 8.20. The Hall–Kier alpha value is -0.120. The van der Waals surface area contributed by atoms with Crippen LogP contribution in [0.15, 0.2) is 0 Å². The second-order valence-electron chi connectivity index (χ2n) is 6.01. The van der Waals surface area contributed by atoms with Crippen LogP contribution in [0.5, 0.6) is 0 Å². The maximum Gasteiger partial charge on any atom is 0.0700 e. The molecule has 0 radical (unpaired) electrons. The summed E-state index contributed by atoms with van der Waals surface area (Å²) in [6.45, 7) is 8.42.